The molecule has 110 valence electrons. The van der Waals surface area contributed by atoms with Gasteiger partial charge in [-0.2, -0.15) is 9.61 Å². The second-order valence-electron chi connectivity index (χ2n) is 4.70. The number of fused-ring (bicyclic) bond motifs is 1. The van der Waals surface area contributed by atoms with Crippen LogP contribution >= 0.6 is 23.2 Å². The summed E-state index contributed by atoms with van der Waals surface area (Å²) in [7, 11) is 0. The molecule has 1 aromatic carbocycles. The zero-order valence-electron chi connectivity index (χ0n) is 11.9. The highest BCUT2D eigenvalue weighted by atomic mass is 35.5. The molecule has 2 heterocycles. The Balaban J connectivity index is 2.27. The second-order valence-corrected chi connectivity index (χ2v) is 5.54. The Morgan fingerprint density at radius 1 is 1.29 bits per heavy atom. The monoisotopic (exact) mass is 324 g/mol. The van der Waals surface area contributed by atoms with Gasteiger partial charge in [0.1, 0.15) is 17.1 Å². The molecule has 21 heavy (non-hydrogen) atoms. The van der Waals surface area contributed by atoms with Crippen molar-refractivity contribution in [3.05, 3.63) is 39.7 Å². The van der Waals surface area contributed by atoms with Gasteiger partial charge in [-0.1, -0.05) is 23.2 Å². The van der Waals surface area contributed by atoms with E-state index in [1.807, 2.05) is 26.8 Å². The lowest BCUT2D eigenvalue weighted by Crippen LogP contribution is -1.91. The molecule has 0 radical (unpaired) electrons. The molecule has 3 aromatic rings. The topological polar surface area (TPSA) is 39.7 Å². The number of hydrogen-bond acceptors (Lipinski definition) is 3. The first-order chi connectivity index (χ1) is 10.0. The molecule has 0 amide bonds. The molecule has 2 aromatic heterocycles. The molecule has 3 rings (SSSR count). The van der Waals surface area contributed by atoms with Crippen molar-refractivity contribution in [2.75, 3.05) is 6.61 Å². The Kier molecular flexibility index (Phi) is 3.59. The molecule has 0 aliphatic heterocycles. The van der Waals surface area contributed by atoms with Crippen molar-refractivity contribution in [1.82, 2.24) is 9.61 Å². The average molecular weight is 325 g/mol. The summed E-state index contributed by atoms with van der Waals surface area (Å²) >= 11 is 12.3. The number of aromatic nitrogens is 2. The minimum Gasteiger partial charge on any atom is -0.487 e. The Morgan fingerprint density at radius 2 is 2.05 bits per heavy atom. The van der Waals surface area contributed by atoms with E-state index >= 15 is 0 Å². The zero-order chi connectivity index (χ0) is 15.1. The summed E-state index contributed by atoms with van der Waals surface area (Å²) in [5.41, 5.74) is 3.00. The fraction of sp³-hybridized carbons (Fsp3) is 0.267. The van der Waals surface area contributed by atoms with E-state index in [0.29, 0.717) is 28.1 Å². The van der Waals surface area contributed by atoms with Crippen LogP contribution in [0, 0.1) is 13.8 Å². The van der Waals surface area contributed by atoms with Crippen LogP contribution in [0.2, 0.25) is 10.0 Å². The van der Waals surface area contributed by atoms with Crippen LogP contribution in [0.1, 0.15) is 18.4 Å². The maximum atomic E-state index is 6.30. The largest absolute Gasteiger partial charge is 0.487 e. The van der Waals surface area contributed by atoms with Gasteiger partial charge in [0.05, 0.1) is 11.6 Å². The number of aryl methyl sites for hydroxylation is 2. The predicted octanol–water partition coefficient (Wildman–Crippen LogP) is 4.92. The fourth-order valence-corrected chi connectivity index (χ4v) is 2.87. The van der Waals surface area contributed by atoms with Crippen molar-refractivity contribution in [2.24, 2.45) is 0 Å². The van der Waals surface area contributed by atoms with Gasteiger partial charge in [-0.05, 0) is 39.0 Å². The number of halogens is 2. The molecule has 4 nitrogen and oxygen atoms in total. The van der Waals surface area contributed by atoms with Crippen LogP contribution in [0.5, 0.6) is 5.75 Å². The van der Waals surface area contributed by atoms with Crippen LogP contribution in [0.4, 0.5) is 0 Å². The van der Waals surface area contributed by atoms with Crippen LogP contribution in [0.25, 0.3) is 17.0 Å². The minimum atomic E-state index is 0.555. The normalized spacial score (nSPS) is 11.3. The first kappa shape index (κ1) is 14.3. The molecule has 0 spiro atoms. The van der Waals surface area contributed by atoms with Gasteiger partial charge in [-0.3, -0.25) is 0 Å². The summed E-state index contributed by atoms with van der Waals surface area (Å²) in [6, 6.07) is 5.36. The van der Waals surface area contributed by atoms with Crippen LogP contribution in [0.15, 0.2) is 22.6 Å². The fourth-order valence-electron chi connectivity index (χ4n) is 2.37. The first-order valence-corrected chi connectivity index (χ1v) is 7.35. The highest BCUT2D eigenvalue weighted by molar-refractivity contribution is 6.36. The van der Waals surface area contributed by atoms with Gasteiger partial charge in [0.25, 0.3) is 5.71 Å². The van der Waals surface area contributed by atoms with Crippen LogP contribution < -0.4 is 4.74 Å². The highest BCUT2D eigenvalue weighted by Gasteiger charge is 2.22. The highest BCUT2D eigenvalue weighted by Crippen LogP contribution is 2.37. The third kappa shape index (κ3) is 2.28. The molecule has 0 aliphatic rings. The van der Waals surface area contributed by atoms with Crippen molar-refractivity contribution in [1.29, 1.82) is 0 Å². The van der Waals surface area contributed by atoms with E-state index in [1.54, 1.807) is 16.6 Å². The van der Waals surface area contributed by atoms with Crippen LogP contribution in [-0.2, 0) is 0 Å². The van der Waals surface area contributed by atoms with Crippen LogP contribution in [0.3, 0.4) is 0 Å². The van der Waals surface area contributed by atoms with Gasteiger partial charge in [0.15, 0.2) is 0 Å². The van der Waals surface area contributed by atoms with E-state index < -0.39 is 0 Å². The minimum absolute atomic E-state index is 0.555. The van der Waals surface area contributed by atoms with E-state index in [2.05, 4.69) is 5.10 Å². The zero-order valence-corrected chi connectivity index (χ0v) is 13.4. The van der Waals surface area contributed by atoms with E-state index in [-0.39, 0.29) is 0 Å². The third-order valence-corrected chi connectivity index (χ3v) is 3.78. The van der Waals surface area contributed by atoms with Gasteiger partial charge >= 0.3 is 0 Å². The molecule has 0 N–H and O–H groups in total. The predicted molar refractivity (Wildman–Crippen MR) is 83.6 cm³/mol. The lowest BCUT2D eigenvalue weighted by Gasteiger charge is -2.03. The summed E-state index contributed by atoms with van der Waals surface area (Å²) in [5.74, 6) is 1.39. The molecule has 0 unspecified atom stereocenters. The molecule has 0 saturated heterocycles. The average Bonchev–Trinajstić information content (AvgIpc) is 2.87. The quantitative estimate of drug-likeness (QED) is 0.686. The number of hydrogen-bond donors (Lipinski definition) is 0. The summed E-state index contributed by atoms with van der Waals surface area (Å²) < 4.78 is 13.2. The number of ether oxygens (including phenoxy) is 1. The van der Waals surface area contributed by atoms with Gasteiger partial charge < -0.3 is 9.15 Å². The maximum absolute atomic E-state index is 6.30. The molecule has 6 heteroatoms. The Labute approximate surface area is 132 Å². The van der Waals surface area contributed by atoms with Crippen molar-refractivity contribution in [3.8, 4) is 17.0 Å². The summed E-state index contributed by atoms with van der Waals surface area (Å²) in [4.78, 5) is 0. The lowest BCUT2D eigenvalue weighted by molar-refractivity contribution is 0.335. The van der Waals surface area contributed by atoms with Crippen molar-refractivity contribution in [3.63, 3.8) is 0 Å². The summed E-state index contributed by atoms with van der Waals surface area (Å²) in [6.07, 6.45) is 0. The van der Waals surface area contributed by atoms with Crippen molar-refractivity contribution < 1.29 is 9.15 Å². The van der Waals surface area contributed by atoms with Gasteiger partial charge in [0.2, 0.25) is 5.75 Å². The lowest BCUT2D eigenvalue weighted by atomic mass is 10.1. The molecular weight excluding hydrogens is 311 g/mol. The standard InChI is InChI=1S/C15H14Cl2N2O2/c1-4-20-14-8(2)18-19-13(9(3)21-15(14)19)11-6-5-10(16)7-12(11)17/h5-7H,4H2,1-3H3. The molecule has 0 fully saturated rings. The van der Waals surface area contributed by atoms with Crippen molar-refractivity contribution >= 4 is 28.9 Å². The van der Waals surface area contributed by atoms with E-state index in [4.69, 9.17) is 32.4 Å². The Morgan fingerprint density at radius 3 is 2.71 bits per heavy atom. The summed E-state index contributed by atoms with van der Waals surface area (Å²) in [6.45, 7) is 6.24. The SMILES string of the molecule is CCOc1c(C)nn2c(-c3ccc(Cl)cc3Cl)c(C)oc12. The Hall–Kier alpha value is -1.65. The smallest absolute Gasteiger partial charge is 0.266 e. The number of nitrogens with zero attached hydrogens (tertiary/aromatic N) is 2. The molecule has 0 aliphatic carbocycles. The van der Waals surface area contributed by atoms with E-state index in [9.17, 15) is 0 Å². The van der Waals surface area contributed by atoms with E-state index in [1.165, 1.54) is 0 Å². The van der Waals surface area contributed by atoms with Gasteiger partial charge in [-0.15, -0.1) is 0 Å². The maximum Gasteiger partial charge on any atom is 0.266 e. The third-order valence-electron chi connectivity index (χ3n) is 3.24. The number of benzene rings is 1. The van der Waals surface area contributed by atoms with Gasteiger partial charge in [-0.25, -0.2) is 0 Å². The molecule has 0 atom stereocenters. The molecular formula is C15H14Cl2N2O2. The summed E-state index contributed by atoms with van der Waals surface area (Å²) in [5, 5.41) is 5.64. The molecule has 0 saturated carbocycles. The number of rotatable bonds is 3. The van der Waals surface area contributed by atoms with Gasteiger partial charge in [0, 0.05) is 10.6 Å². The Bertz CT molecular complexity index is 821. The first-order valence-electron chi connectivity index (χ1n) is 6.59. The molecule has 0 bridgehead atoms. The number of oxazole rings is 1. The second kappa shape index (κ2) is 5.28. The van der Waals surface area contributed by atoms with Crippen LogP contribution in [-0.4, -0.2) is 16.2 Å². The van der Waals surface area contributed by atoms with Crippen molar-refractivity contribution in [2.45, 2.75) is 20.8 Å². The van der Waals surface area contributed by atoms with E-state index in [0.717, 1.165) is 22.7 Å².